The third kappa shape index (κ3) is 3.87. The van der Waals surface area contributed by atoms with E-state index in [9.17, 15) is 4.79 Å². The van der Waals surface area contributed by atoms with Crippen LogP contribution in [0.3, 0.4) is 0 Å². The summed E-state index contributed by atoms with van der Waals surface area (Å²) in [6, 6.07) is 11.6. The second kappa shape index (κ2) is 7.37. The number of anilines is 1. The summed E-state index contributed by atoms with van der Waals surface area (Å²) in [5, 5.41) is 3.24. The van der Waals surface area contributed by atoms with E-state index in [1.165, 1.54) is 6.33 Å². The number of hydrogen-bond donors (Lipinski definition) is 1. The number of hydrogen-bond acceptors (Lipinski definition) is 6. The van der Waals surface area contributed by atoms with Gasteiger partial charge < -0.3 is 4.42 Å². The van der Waals surface area contributed by atoms with E-state index in [0.29, 0.717) is 17.2 Å². The summed E-state index contributed by atoms with van der Waals surface area (Å²) in [4.78, 5) is 18.4. The van der Waals surface area contributed by atoms with Crippen molar-refractivity contribution in [1.29, 1.82) is 0 Å². The highest BCUT2D eigenvalue weighted by molar-refractivity contribution is 7.09. The van der Waals surface area contributed by atoms with Gasteiger partial charge in [0.05, 0.1) is 12.3 Å². The van der Waals surface area contributed by atoms with Gasteiger partial charge in [-0.15, -0.1) is 0 Å². The fraction of sp³-hybridized carbons (Fsp3) is 0.235. The third-order valence-corrected chi connectivity index (χ3v) is 4.40. The van der Waals surface area contributed by atoms with Crippen LogP contribution in [-0.4, -0.2) is 27.2 Å². The van der Waals surface area contributed by atoms with E-state index < -0.39 is 0 Å². The van der Waals surface area contributed by atoms with Crippen molar-refractivity contribution in [2.45, 2.75) is 19.5 Å². The predicted molar refractivity (Wildman–Crippen MR) is 92.9 cm³/mol. The van der Waals surface area contributed by atoms with Gasteiger partial charge in [0, 0.05) is 23.6 Å². The second-order valence-electron chi connectivity index (χ2n) is 5.51. The lowest BCUT2D eigenvalue weighted by Crippen LogP contribution is -2.22. The van der Waals surface area contributed by atoms with Crippen LogP contribution in [0.25, 0.3) is 0 Å². The molecule has 0 saturated heterocycles. The van der Waals surface area contributed by atoms with Crippen LogP contribution in [0.5, 0.6) is 0 Å². The molecule has 1 aromatic carbocycles. The third-order valence-electron chi connectivity index (χ3n) is 3.82. The Labute approximate surface area is 144 Å². The van der Waals surface area contributed by atoms with E-state index >= 15 is 0 Å². The number of amides is 1. The molecular formula is C17H18N4O2S. The first-order valence-electron chi connectivity index (χ1n) is 7.54. The number of nitrogens with one attached hydrogen (secondary N) is 1. The molecule has 1 N–H and O–H groups in total. The minimum atomic E-state index is -0.185. The number of aromatic nitrogens is 2. The lowest BCUT2D eigenvalue weighted by molar-refractivity contribution is 0.102. The van der Waals surface area contributed by atoms with Crippen LogP contribution in [0, 0.1) is 0 Å². The van der Waals surface area contributed by atoms with Gasteiger partial charge in [-0.3, -0.25) is 15.0 Å². The Morgan fingerprint density at radius 3 is 2.96 bits per heavy atom. The van der Waals surface area contributed by atoms with Crippen LogP contribution in [0.4, 0.5) is 5.13 Å². The number of nitrogens with zero attached hydrogens (tertiary/aromatic N) is 3. The molecule has 124 valence electrons. The Bertz CT molecular complexity index is 787. The monoisotopic (exact) mass is 342 g/mol. The molecular weight excluding hydrogens is 324 g/mol. The molecule has 0 aliphatic rings. The van der Waals surface area contributed by atoms with E-state index in [0.717, 1.165) is 22.9 Å². The average Bonchev–Trinajstić information content (AvgIpc) is 3.28. The lowest BCUT2D eigenvalue weighted by atomic mass is 10.1. The highest BCUT2D eigenvalue weighted by atomic mass is 32.1. The Balaban J connectivity index is 1.67. The van der Waals surface area contributed by atoms with Gasteiger partial charge in [-0.2, -0.15) is 4.37 Å². The van der Waals surface area contributed by atoms with Crippen LogP contribution in [0.1, 0.15) is 34.6 Å². The molecule has 2 aromatic heterocycles. The molecule has 0 saturated carbocycles. The Hall–Kier alpha value is -2.51. The van der Waals surface area contributed by atoms with E-state index in [4.69, 9.17) is 4.42 Å². The fourth-order valence-corrected chi connectivity index (χ4v) is 2.81. The maximum Gasteiger partial charge on any atom is 0.257 e. The van der Waals surface area contributed by atoms with Crippen molar-refractivity contribution in [3.05, 3.63) is 65.9 Å². The summed E-state index contributed by atoms with van der Waals surface area (Å²) >= 11 is 1.15. The number of carbonyl (C=O) groups excluding carboxylic acids is 1. The minimum absolute atomic E-state index is 0.152. The summed E-state index contributed by atoms with van der Waals surface area (Å²) < 4.78 is 9.33. The largest absolute Gasteiger partial charge is 0.468 e. The van der Waals surface area contributed by atoms with Crippen molar-refractivity contribution < 1.29 is 9.21 Å². The van der Waals surface area contributed by atoms with Crippen molar-refractivity contribution in [2.24, 2.45) is 0 Å². The van der Waals surface area contributed by atoms with E-state index in [1.54, 1.807) is 12.3 Å². The summed E-state index contributed by atoms with van der Waals surface area (Å²) in [5.74, 6) is 0.734. The Morgan fingerprint density at radius 2 is 2.25 bits per heavy atom. The molecule has 6 nitrogen and oxygen atoms in total. The molecule has 0 aliphatic heterocycles. The molecule has 0 radical (unpaired) electrons. The first-order valence-corrected chi connectivity index (χ1v) is 8.31. The van der Waals surface area contributed by atoms with Gasteiger partial charge in [0.2, 0.25) is 5.13 Å². The van der Waals surface area contributed by atoms with E-state index in [2.05, 4.69) is 26.5 Å². The molecule has 3 aromatic rings. The highest BCUT2D eigenvalue weighted by Crippen LogP contribution is 2.21. The SMILES string of the molecule is CC(c1ccco1)N(C)Cc1cccc(C(=O)Nc2ncns2)c1. The topological polar surface area (TPSA) is 71.3 Å². The van der Waals surface area contributed by atoms with Gasteiger partial charge in [-0.05, 0) is 43.8 Å². The fourth-order valence-electron chi connectivity index (χ4n) is 2.38. The predicted octanol–water partition coefficient (Wildman–Crippen LogP) is 3.58. The van der Waals surface area contributed by atoms with Crippen molar-refractivity contribution in [3.8, 4) is 0 Å². The average molecular weight is 342 g/mol. The molecule has 0 aliphatic carbocycles. The van der Waals surface area contributed by atoms with Crippen LogP contribution >= 0.6 is 11.5 Å². The smallest absolute Gasteiger partial charge is 0.257 e. The molecule has 3 rings (SSSR count). The van der Waals surface area contributed by atoms with Gasteiger partial charge in [0.15, 0.2) is 0 Å². The standard InChI is InChI=1S/C17H18N4O2S/c1-12(15-7-4-8-23-15)21(2)10-13-5-3-6-14(9-13)16(22)20-17-18-11-19-24-17/h3-9,11-12H,10H2,1-2H3,(H,18,19,20,22). The van der Waals surface area contributed by atoms with Crippen LogP contribution in [-0.2, 0) is 6.54 Å². The molecule has 1 atom stereocenters. The molecule has 7 heteroatoms. The Morgan fingerprint density at radius 1 is 1.38 bits per heavy atom. The van der Waals surface area contributed by atoms with Crippen molar-refractivity contribution in [2.75, 3.05) is 12.4 Å². The van der Waals surface area contributed by atoms with Gasteiger partial charge >= 0.3 is 0 Å². The lowest BCUT2D eigenvalue weighted by Gasteiger charge is -2.23. The van der Waals surface area contributed by atoms with Crippen molar-refractivity contribution in [1.82, 2.24) is 14.3 Å². The number of carbonyl (C=O) groups is 1. The van der Waals surface area contributed by atoms with Crippen molar-refractivity contribution >= 4 is 22.6 Å². The number of rotatable bonds is 6. The normalized spacial score (nSPS) is 12.3. The first-order chi connectivity index (χ1) is 11.6. The number of benzene rings is 1. The Kier molecular flexibility index (Phi) is 5.02. The number of furan rings is 1. The maximum absolute atomic E-state index is 12.3. The quantitative estimate of drug-likeness (QED) is 0.741. The van der Waals surface area contributed by atoms with Gasteiger partial charge in [-0.1, -0.05) is 12.1 Å². The summed E-state index contributed by atoms with van der Waals surface area (Å²) in [5.41, 5.74) is 1.66. The molecule has 24 heavy (non-hydrogen) atoms. The van der Waals surface area contributed by atoms with E-state index in [1.807, 2.05) is 37.4 Å². The maximum atomic E-state index is 12.3. The zero-order valence-corrected chi connectivity index (χ0v) is 14.3. The molecule has 0 bridgehead atoms. The molecule has 1 unspecified atom stereocenters. The molecule has 2 heterocycles. The van der Waals surface area contributed by atoms with Crippen molar-refractivity contribution in [3.63, 3.8) is 0 Å². The van der Waals surface area contributed by atoms with Gasteiger partial charge in [0.25, 0.3) is 5.91 Å². The zero-order valence-electron chi connectivity index (χ0n) is 13.5. The summed E-state index contributed by atoms with van der Waals surface area (Å²) in [6.07, 6.45) is 3.10. The van der Waals surface area contributed by atoms with E-state index in [-0.39, 0.29) is 11.9 Å². The van der Waals surface area contributed by atoms with Gasteiger partial charge in [0.1, 0.15) is 12.1 Å². The zero-order chi connectivity index (χ0) is 16.9. The first kappa shape index (κ1) is 16.4. The van der Waals surface area contributed by atoms with Crippen LogP contribution in [0.15, 0.2) is 53.4 Å². The van der Waals surface area contributed by atoms with Crippen LogP contribution in [0.2, 0.25) is 0 Å². The van der Waals surface area contributed by atoms with Crippen LogP contribution < -0.4 is 5.32 Å². The molecule has 1 amide bonds. The molecule has 0 spiro atoms. The molecule has 0 fully saturated rings. The minimum Gasteiger partial charge on any atom is -0.468 e. The summed E-state index contributed by atoms with van der Waals surface area (Å²) in [7, 11) is 2.03. The van der Waals surface area contributed by atoms with Gasteiger partial charge in [-0.25, -0.2) is 4.98 Å². The highest BCUT2D eigenvalue weighted by Gasteiger charge is 2.15. The summed E-state index contributed by atoms with van der Waals surface area (Å²) in [6.45, 7) is 2.80. The second-order valence-corrected chi connectivity index (χ2v) is 6.29.